The average Bonchev–Trinajstić information content (AvgIpc) is 2.62. The summed E-state index contributed by atoms with van der Waals surface area (Å²) < 4.78 is 16.3. The summed E-state index contributed by atoms with van der Waals surface area (Å²) in [5.74, 6) is -0.724. The van der Waals surface area contributed by atoms with Crippen LogP contribution < -0.4 is 14.2 Å². The van der Waals surface area contributed by atoms with E-state index in [1.807, 2.05) is 0 Å². The Kier molecular flexibility index (Phi) is 6.47. The van der Waals surface area contributed by atoms with Crippen molar-refractivity contribution in [3.05, 3.63) is 59.1 Å². The quantitative estimate of drug-likeness (QED) is 0.433. The maximum atomic E-state index is 12.6. The Hall–Kier alpha value is -2.99. The van der Waals surface area contributed by atoms with Gasteiger partial charge >= 0.3 is 11.9 Å². The van der Waals surface area contributed by atoms with Crippen molar-refractivity contribution in [1.29, 1.82) is 0 Å². The minimum Gasteiger partial charge on any atom is -0.493 e. The maximum Gasteiger partial charge on any atom is 0.355 e. The van der Waals surface area contributed by atoms with Crippen molar-refractivity contribution in [2.45, 2.75) is 19.4 Å². The van der Waals surface area contributed by atoms with E-state index in [4.69, 9.17) is 30.9 Å². The molecule has 6 nitrogen and oxygen atoms in total. The van der Waals surface area contributed by atoms with E-state index in [9.17, 15) is 9.59 Å². The summed E-state index contributed by atoms with van der Waals surface area (Å²) in [4.78, 5) is 23.2. The summed E-state index contributed by atoms with van der Waals surface area (Å²) in [5, 5.41) is 9.25. The van der Waals surface area contributed by atoms with Gasteiger partial charge in [-0.3, -0.25) is 0 Å². The first-order chi connectivity index (χ1) is 12.7. The van der Waals surface area contributed by atoms with E-state index in [2.05, 4.69) is 0 Å². The number of ether oxygens (including phenoxy) is 3. The molecule has 2 rings (SSSR count). The van der Waals surface area contributed by atoms with Crippen molar-refractivity contribution in [2.24, 2.45) is 0 Å². The minimum atomic E-state index is -1.26. The number of carboxylic acid groups (broad SMARTS) is 1. The van der Waals surface area contributed by atoms with Gasteiger partial charge in [0.25, 0.3) is 0 Å². The molecule has 7 heteroatoms. The molecule has 1 N–H and O–H groups in total. The van der Waals surface area contributed by atoms with E-state index in [0.717, 1.165) is 6.08 Å². The zero-order chi connectivity index (χ0) is 20.0. The van der Waals surface area contributed by atoms with Gasteiger partial charge in [0.15, 0.2) is 11.5 Å². The standard InChI is InChI=1S/C20H19ClO6/c1-20(2,27-15-8-6-14(21)7-9-15)19(24)26-16-10-4-13(5-11-18(22)23)12-17(16)25-3/h4-12H,1-3H3,(H,22,23)/b11-5+. The van der Waals surface area contributed by atoms with Gasteiger partial charge in [0.1, 0.15) is 5.75 Å². The van der Waals surface area contributed by atoms with Crippen LogP contribution in [0.3, 0.4) is 0 Å². The van der Waals surface area contributed by atoms with Gasteiger partial charge in [-0.1, -0.05) is 17.7 Å². The molecular weight excluding hydrogens is 372 g/mol. The smallest absolute Gasteiger partial charge is 0.355 e. The van der Waals surface area contributed by atoms with Crippen molar-refractivity contribution in [3.8, 4) is 17.2 Å². The topological polar surface area (TPSA) is 82.1 Å². The number of carbonyl (C=O) groups excluding carboxylic acids is 1. The first kappa shape index (κ1) is 20.3. The molecule has 0 saturated carbocycles. The molecular formula is C20H19ClO6. The highest BCUT2D eigenvalue weighted by atomic mass is 35.5. The Morgan fingerprint density at radius 2 is 1.74 bits per heavy atom. The van der Waals surface area contributed by atoms with E-state index in [-0.39, 0.29) is 11.5 Å². The molecule has 0 aliphatic heterocycles. The highest BCUT2D eigenvalue weighted by molar-refractivity contribution is 6.30. The number of methoxy groups -OCH3 is 1. The Bertz CT molecular complexity index is 855. The fraction of sp³-hybridized carbons (Fsp3) is 0.200. The second-order valence-corrected chi connectivity index (χ2v) is 6.47. The lowest BCUT2D eigenvalue weighted by Crippen LogP contribution is -2.41. The Morgan fingerprint density at radius 1 is 1.07 bits per heavy atom. The molecule has 0 spiro atoms. The zero-order valence-electron chi connectivity index (χ0n) is 15.1. The molecule has 0 unspecified atom stereocenters. The normalized spacial score (nSPS) is 11.3. The second kappa shape index (κ2) is 8.60. The van der Waals surface area contributed by atoms with Crippen molar-refractivity contribution >= 4 is 29.6 Å². The summed E-state index contributed by atoms with van der Waals surface area (Å²) in [5.41, 5.74) is -0.675. The third-order valence-corrected chi connectivity index (χ3v) is 3.74. The summed E-state index contributed by atoms with van der Waals surface area (Å²) in [6, 6.07) is 11.3. The zero-order valence-corrected chi connectivity index (χ0v) is 15.8. The molecule has 0 radical (unpaired) electrons. The predicted molar refractivity (Wildman–Crippen MR) is 101 cm³/mol. The third-order valence-electron chi connectivity index (χ3n) is 3.49. The number of halogens is 1. The highest BCUT2D eigenvalue weighted by Gasteiger charge is 2.33. The summed E-state index contributed by atoms with van der Waals surface area (Å²) in [7, 11) is 1.42. The summed E-state index contributed by atoms with van der Waals surface area (Å²) in [6.45, 7) is 3.17. The number of rotatable bonds is 7. The van der Waals surface area contributed by atoms with Gasteiger partial charge in [-0.2, -0.15) is 0 Å². The Balaban J connectivity index is 2.15. The third kappa shape index (κ3) is 5.76. The average molecular weight is 391 g/mol. The van der Waals surface area contributed by atoms with Crippen LogP contribution in [0.25, 0.3) is 6.08 Å². The SMILES string of the molecule is COc1cc(/C=C/C(=O)O)ccc1OC(=O)C(C)(C)Oc1ccc(Cl)cc1. The van der Waals surface area contributed by atoms with Gasteiger partial charge in [-0.25, -0.2) is 9.59 Å². The van der Waals surface area contributed by atoms with Crippen molar-refractivity contribution in [2.75, 3.05) is 7.11 Å². The maximum absolute atomic E-state index is 12.6. The number of esters is 1. The van der Waals surface area contributed by atoms with Crippen LogP contribution >= 0.6 is 11.6 Å². The fourth-order valence-electron chi connectivity index (χ4n) is 2.10. The lowest BCUT2D eigenvalue weighted by molar-refractivity contribution is -0.149. The predicted octanol–water partition coefficient (Wildman–Crippen LogP) is 4.21. The lowest BCUT2D eigenvalue weighted by Gasteiger charge is -2.24. The molecule has 0 aliphatic rings. The minimum absolute atomic E-state index is 0.197. The van der Waals surface area contributed by atoms with Gasteiger partial charge in [-0.05, 0) is 61.9 Å². The lowest BCUT2D eigenvalue weighted by atomic mass is 10.1. The van der Waals surface area contributed by atoms with Crippen molar-refractivity contribution < 1.29 is 28.9 Å². The van der Waals surface area contributed by atoms with Gasteiger partial charge < -0.3 is 19.3 Å². The molecule has 0 aliphatic carbocycles. The number of hydrogen-bond donors (Lipinski definition) is 1. The largest absolute Gasteiger partial charge is 0.493 e. The van der Waals surface area contributed by atoms with Crippen LogP contribution in [-0.4, -0.2) is 29.8 Å². The molecule has 0 atom stereocenters. The van der Waals surface area contributed by atoms with E-state index < -0.39 is 17.5 Å². The molecule has 0 bridgehead atoms. The van der Waals surface area contributed by atoms with Crippen LogP contribution in [0.2, 0.25) is 5.02 Å². The summed E-state index contributed by atoms with van der Waals surface area (Å²) in [6.07, 6.45) is 2.41. The van der Waals surface area contributed by atoms with Crippen LogP contribution in [0.1, 0.15) is 19.4 Å². The first-order valence-corrected chi connectivity index (χ1v) is 8.35. The molecule has 0 amide bonds. The van der Waals surface area contributed by atoms with Crippen LogP contribution in [0.4, 0.5) is 0 Å². The van der Waals surface area contributed by atoms with E-state index in [1.165, 1.54) is 19.3 Å². The number of carbonyl (C=O) groups is 2. The number of hydrogen-bond acceptors (Lipinski definition) is 5. The molecule has 27 heavy (non-hydrogen) atoms. The number of carboxylic acids is 1. The molecule has 142 valence electrons. The van der Waals surface area contributed by atoms with Gasteiger partial charge in [-0.15, -0.1) is 0 Å². The van der Waals surface area contributed by atoms with Crippen molar-refractivity contribution in [3.63, 3.8) is 0 Å². The van der Waals surface area contributed by atoms with E-state index in [1.54, 1.807) is 50.2 Å². The first-order valence-electron chi connectivity index (χ1n) is 7.97. The van der Waals surface area contributed by atoms with Crippen LogP contribution in [-0.2, 0) is 9.59 Å². The number of benzene rings is 2. The van der Waals surface area contributed by atoms with Crippen LogP contribution in [0.15, 0.2) is 48.5 Å². The Labute approximate surface area is 161 Å². The molecule has 2 aromatic carbocycles. The molecule has 0 fully saturated rings. The highest BCUT2D eigenvalue weighted by Crippen LogP contribution is 2.30. The monoisotopic (exact) mass is 390 g/mol. The Morgan fingerprint density at radius 3 is 2.33 bits per heavy atom. The van der Waals surface area contributed by atoms with Gasteiger partial charge in [0, 0.05) is 11.1 Å². The van der Waals surface area contributed by atoms with E-state index in [0.29, 0.717) is 16.3 Å². The second-order valence-electron chi connectivity index (χ2n) is 6.04. The number of aliphatic carboxylic acids is 1. The van der Waals surface area contributed by atoms with Crippen molar-refractivity contribution in [1.82, 2.24) is 0 Å². The molecule has 0 aromatic heterocycles. The van der Waals surface area contributed by atoms with Gasteiger partial charge in [0.05, 0.1) is 7.11 Å². The van der Waals surface area contributed by atoms with Crippen LogP contribution in [0, 0.1) is 0 Å². The molecule has 2 aromatic rings. The molecule has 0 heterocycles. The summed E-state index contributed by atoms with van der Waals surface area (Å²) >= 11 is 5.84. The van der Waals surface area contributed by atoms with Gasteiger partial charge in [0.2, 0.25) is 5.60 Å². The molecule has 0 saturated heterocycles. The van der Waals surface area contributed by atoms with Crippen LogP contribution in [0.5, 0.6) is 17.2 Å². The van der Waals surface area contributed by atoms with E-state index >= 15 is 0 Å². The fourth-order valence-corrected chi connectivity index (χ4v) is 2.23.